The first kappa shape index (κ1) is 26.1. The molecular formula is C46H28O. The van der Waals surface area contributed by atoms with Gasteiger partial charge in [-0.1, -0.05) is 146 Å². The molecule has 0 aliphatic carbocycles. The van der Waals surface area contributed by atoms with Gasteiger partial charge in [-0.2, -0.15) is 0 Å². The normalized spacial score (nSPS) is 11.8. The third-order valence-electron chi connectivity index (χ3n) is 9.80. The molecule has 47 heavy (non-hydrogen) atoms. The second-order valence-electron chi connectivity index (χ2n) is 12.5. The van der Waals surface area contributed by atoms with E-state index in [-0.39, 0.29) is 0 Å². The molecule has 0 radical (unpaired) electrons. The largest absolute Gasteiger partial charge is 0.455 e. The van der Waals surface area contributed by atoms with Crippen LogP contribution in [0.1, 0.15) is 0 Å². The minimum absolute atomic E-state index is 0.925. The second kappa shape index (κ2) is 10.2. The first-order valence-corrected chi connectivity index (χ1v) is 16.2. The van der Waals surface area contributed by atoms with Crippen molar-refractivity contribution in [3.05, 3.63) is 170 Å². The molecule has 0 fully saturated rings. The summed E-state index contributed by atoms with van der Waals surface area (Å²) in [5, 5.41) is 12.2. The zero-order valence-electron chi connectivity index (χ0n) is 25.6. The SMILES string of the molecule is c1ccc(-c2c3ccccc3c(-c3ccc4cc(-c5cccc6c5oc5cc7ccccc7cc56)ccc4c3)c3ccccc23)cc1. The van der Waals surface area contributed by atoms with Crippen molar-refractivity contribution in [2.45, 2.75) is 0 Å². The Kier molecular flexibility index (Phi) is 5.64. The molecule has 0 amide bonds. The molecule has 1 heteroatoms. The van der Waals surface area contributed by atoms with Gasteiger partial charge in [0.25, 0.3) is 0 Å². The minimum Gasteiger partial charge on any atom is -0.455 e. The Bertz CT molecular complexity index is 2780. The van der Waals surface area contributed by atoms with E-state index in [0.29, 0.717) is 0 Å². The number of fused-ring (bicyclic) bond motifs is 7. The van der Waals surface area contributed by atoms with E-state index < -0.39 is 0 Å². The third kappa shape index (κ3) is 4.03. The van der Waals surface area contributed by atoms with Gasteiger partial charge in [-0.15, -0.1) is 0 Å². The minimum atomic E-state index is 0.925. The lowest BCUT2D eigenvalue weighted by atomic mass is 9.85. The van der Waals surface area contributed by atoms with Crippen LogP contribution in [-0.4, -0.2) is 0 Å². The lowest BCUT2D eigenvalue weighted by Gasteiger charge is -2.18. The lowest BCUT2D eigenvalue weighted by Crippen LogP contribution is -1.90. The molecule has 0 spiro atoms. The van der Waals surface area contributed by atoms with Gasteiger partial charge in [0.05, 0.1) is 0 Å². The van der Waals surface area contributed by atoms with Gasteiger partial charge >= 0.3 is 0 Å². The maximum atomic E-state index is 6.56. The van der Waals surface area contributed by atoms with Crippen molar-refractivity contribution >= 4 is 65.0 Å². The molecule has 0 unspecified atom stereocenters. The Labute approximate surface area is 271 Å². The molecule has 1 heterocycles. The van der Waals surface area contributed by atoms with Gasteiger partial charge < -0.3 is 4.42 Å². The van der Waals surface area contributed by atoms with E-state index in [9.17, 15) is 0 Å². The maximum absolute atomic E-state index is 6.56. The van der Waals surface area contributed by atoms with Crippen LogP contribution >= 0.6 is 0 Å². The van der Waals surface area contributed by atoms with Crippen LogP contribution in [-0.2, 0) is 0 Å². The quantitative estimate of drug-likeness (QED) is 0.185. The summed E-state index contributed by atoms with van der Waals surface area (Å²) >= 11 is 0. The van der Waals surface area contributed by atoms with Crippen molar-refractivity contribution in [1.29, 1.82) is 0 Å². The van der Waals surface area contributed by atoms with Crippen molar-refractivity contribution in [2.24, 2.45) is 0 Å². The van der Waals surface area contributed by atoms with Crippen LogP contribution in [0, 0.1) is 0 Å². The molecule has 0 atom stereocenters. The van der Waals surface area contributed by atoms with Crippen LogP contribution in [0.5, 0.6) is 0 Å². The summed E-state index contributed by atoms with van der Waals surface area (Å²) in [5.41, 5.74) is 9.17. The van der Waals surface area contributed by atoms with E-state index in [1.54, 1.807) is 0 Å². The van der Waals surface area contributed by atoms with Crippen molar-refractivity contribution in [2.75, 3.05) is 0 Å². The Morgan fingerprint density at radius 2 is 0.809 bits per heavy atom. The number of furan rings is 1. The fourth-order valence-electron chi connectivity index (χ4n) is 7.63. The summed E-state index contributed by atoms with van der Waals surface area (Å²) in [6.45, 7) is 0. The molecule has 0 saturated heterocycles. The molecule has 0 saturated carbocycles. The molecule has 10 rings (SSSR count). The van der Waals surface area contributed by atoms with Gasteiger partial charge in [0.2, 0.25) is 0 Å². The highest BCUT2D eigenvalue weighted by atomic mass is 16.3. The van der Waals surface area contributed by atoms with Gasteiger partial charge in [0.15, 0.2) is 0 Å². The standard InChI is InChI=1S/C46H28O/c1-2-11-29(12-3-1)44-37-15-6-8-17-39(37)45(40-18-9-7-16-38(40)44)35-24-22-32-25-34(23-21-33(32)26-35)36-19-10-20-41-42-27-30-13-4-5-14-31(30)28-43(42)47-46(36)41/h1-28H. The zero-order chi connectivity index (χ0) is 30.9. The highest BCUT2D eigenvalue weighted by molar-refractivity contribution is 6.22. The maximum Gasteiger partial charge on any atom is 0.143 e. The van der Waals surface area contributed by atoms with Crippen molar-refractivity contribution < 1.29 is 4.42 Å². The fraction of sp³-hybridized carbons (Fsp3) is 0. The van der Waals surface area contributed by atoms with Gasteiger partial charge in [-0.25, -0.2) is 0 Å². The van der Waals surface area contributed by atoms with Crippen LogP contribution in [0.15, 0.2) is 174 Å². The van der Waals surface area contributed by atoms with Crippen LogP contribution < -0.4 is 0 Å². The highest BCUT2D eigenvalue weighted by Crippen LogP contribution is 2.44. The summed E-state index contributed by atoms with van der Waals surface area (Å²) in [5.74, 6) is 0. The summed E-state index contributed by atoms with van der Waals surface area (Å²) < 4.78 is 6.56. The predicted octanol–water partition coefficient (Wildman–Crippen LogP) is 13.2. The van der Waals surface area contributed by atoms with E-state index >= 15 is 0 Å². The van der Waals surface area contributed by atoms with Crippen LogP contribution in [0.3, 0.4) is 0 Å². The summed E-state index contributed by atoms with van der Waals surface area (Å²) in [6.07, 6.45) is 0. The van der Waals surface area contributed by atoms with E-state index in [4.69, 9.17) is 4.42 Å². The smallest absolute Gasteiger partial charge is 0.143 e. The van der Waals surface area contributed by atoms with Crippen molar-refractivity contribution in [3.63, 3.8) is 0 Å². The van der Waals surface area contributed by atoms with Gasteiger partial charge in [-0.05, 0) is 95.2 Å². The first-order valence-electron chi connectivity index (χ1n) is 16.2. The first-order chi connectivity index (χ1) is 23.3. The van der Waals surface area contributed by atoms with Crippen molar-refractivity contribution in [3.8, 4) is 33.4 Å². The van der Waals surface area contributed by atoms with Crippen LogP contribution in [0.2, 0.25) is 0 Å². The Morgan fingerprint density at radius 1 is 0.298 bits per heavy atom. The number of rotatable bonds is 3. The predicted molar refractivity (Wildman–Crippen MR) is 200 cm³/mol. The summed E-state index contributed by atoms with van der Waals surface area (Å²) in [7, 11) is 0. The molecule has 1 aromatic heterocycles. The van der Waals surface area contributed by atoms with E-state index in [1.165, 1.54) is 65.3 Å². The van der Waals surface area contributed by atoms with Gasteiger partial charge in [0, 0.05) is 16.3 Å². The van der Waals surface area contributed by atoms with Crippen LogP contribution in [0.25, 0.3) is 98.4 Å². The Morgan fingerprint density at radius 3 is 1.49 bits per heavy atom. The average molecular weight is 597 g/mol. The monoisotopic (exact) mass is 596 g/mol. The van der Waals surface area contributed by atoms with E-state index in [1.807, 2.05) is 0 Å². The topological polar surface area (TPSA) is 13.1 Å². The molecule has 9 aromatic carbocycles. The molecule has 0 aliphatic rings. The Balaban J connectivity index is 1.14. The lowest BCUT2D eigenvalue weighted by molar-refractivity contribution is 0.670. The molecular weight excluding hydrogens is 569 g/mol. The van der Waals surface area contributed by atoms with Gasteiger partial charge in [-0.3, -0.25) is 0 Å². The fourth-order valence-corrected chi connectivity index (χ4v) is 7.63. The number of hydrogen-bond acceptors (Lipinski definition) is 1. The van der Waals surface area contributed by atoms with E-state index in [0.717, 1.165) is 33.1 Å². The average Bonchev–Trinajstić information content (AvgIpc) is 3.50. The highest BCUT2D eigenvalue weighted by Gasteiger charge is 2.17. The molecule has 10 aromatic rings. The molecule has 218 valence electrons. The zero-order valence-corrected chi connectivity index (χ0v) is 25.6. The number of para-hydroxylation sites is 1. The summed E-state index contributed by atoms with van der Waals surface area (Å²) in [6, 6.07) is 61.5. The molecule has 1 nitrogen and oxygen atoms in total. The Hall–Kier alpha value is -6.18. The number of benzene rings is 9. The van der Waals surface area contributed by atoms with Gasteiger partial charge in [0.1, 0.15) is 11.2 Å². The third-order valence-corrected chi connectivity index (χ3v) is 9.80. The molecule has 0 N–H and O–H groups in total. The van der Waals surface area contributed by atoms with Crippen molar-refractivity contribution in [1.82, 2.24) is 0 Å². The summed E-state index contributed by atoms with van der Waals surface area (Å²) in [4.78, 5) is 0. The second-order valence-corrected chi connectivity index (χ2v) is 12.5. The molecule has 0 bridgehead atoms. The number of hydrogen-bond donors (Lipinski definition) is 0. The molecule has 0 aliphatic heterocycles. The van der Waals surface area contributed by atoms with Crippen LogP contribution in [0.4, 0.5) is 0 Å². The van der Waals surface area contributed by atoms with E-state index in [2.05, 4.69) is 170 Å².